The number of carbonyl (C=O) groups is 1. The summed E-state index contributed by atoms with van der Waals surface area (Å²) in [7, 11) is 1.56. The number of carbonyl (C=O) groups excluding carboxylic acids is 1. The number of methoxy groups -OCH3 is 1. The van der Waals surface area contributed by atoms with E-state index in [1.807, 2.05) is 31.2 Å². The zero-order valence-electron chi connectivity index (χ0n) is 17.8. The SMILES string of the molecule is COc1ccccc1NC(=O)C1=C(C)Nc2nc(CCCO)nn2[C@H]1c1ccc(Cl)cc1. The summed E-state index contributed by atoms with van der Waals surface area (Å²) in [6.07, 6.45) is 1.09. The van der Waals surface area contributed by atoms with Gasteiger partial charge >= 0.3 is 0 Å². The first-order valence-corrected chi connectivity index (χ1v) is 10.6. The number of para-hydroxylation sites is 2. The van der Waals surface area contributed by atoms with Gasteiger partial charge in [0.05, 0.1) is 18.4 Å². The average Bonchev–Trinajstić information content (AvgIpc) is 3.20. The number of aliphatic hydroxyl groups is 1. The minimum atomic E-state index is -0.506. The van der Waals surface area contributed by atoms with Crippen molar-refractivity contribution in [2.24, 2.45) is 0 Å². The molecule has 0 spiro atoms. The van der Waals surface area contributed by atoms with Crippen molar-refractivity contribution < 1.29 is 14.6 Å². The van der Waals surface area contributed by atoms with Crippen molar-refractivity contribution in [1.29, 1.82) is 0 Å². The fourth-order valence-electron chi connectivity index (χ4n) is 3.72. The van der Waals surface area contributed by atoms with Crippen LogP contribution < -0.4 is 15.4 Å². The highest BCUT2D eigenvalue weighted by molar-refractivity contribution is 6.30. The second-order valence-electron chi connectivity index (χ2n) is 7.40. The van der Waals surface area contributed by atoms with E-state index in [2.05, 4.69) is 20.7 Å². The number of nitrogens with one attached hydrogen (secondary N) is 2. The number of halogens is 1. The monoisotopic (exact) mass is 453 g/mol. The quantitative estimate of drug-likeness (QED) is 0.503. The summed E-state index contributed by atoms with van der Waals surface area (Å²) < 4.78 is 7.08. The lowest BCUT2D eigenvalue weighted by atomic mass is 9.95. The van der Waals surface area contributed by atoms with Crippen LogP contribution in [-0.2, 0) is 11.2 Å². The van der Waals surface area contributed by atoms with Gasteiger partial charge in [-0.05, 0) is 43.2 Å². The fourth-order valence-corrected chi connectivity index (χ4v) is 3.85. The smallest absolute Gasteiger partial charge is 0.255 e. The molecule has 1 aromatic heterocycles. The van der Waals surface area contributed by atoms with E-state index < -0.39 is 6.04 Å². The van der Waals surface area contributed by atoms with Gasteiger partial charge in [0.1, 0.15) is 11.8 Å². The van der Waals surface area contributed by atoms with Crippen molar-refractivity contribution >= 4 is 29.1 Å². The van der Waals surface area contributed by atoms with Gasteiger partial charge in [0.15, 0.2) is 5.82 Å². The standard InChI is InChI=1S/C23H24ClN5O3/c1-14-20(22(31)26-17-6-3-4-7-18(17)32-2)21(15-9-11-16(24)12-10-15)29-23(25-14)27-19(28-29)8-5-13-30/h3-4,6-7,9-12,21,30H,5,8,13H2,1-2H3,(H,26,31)(H,25,27,28)/t21-/m0/s1. The van der Waals surface area contributed by atoms with Crippen LogP contribution in [0.5, 0.6) is 5.75 Å². The highest BCUT2D eigenvalue weighted by atomic mass is 35.5. The van der Waals surface area contributed by atoms with Gasteiger partial charge in [-0.15, -0.1) is 0 Å². The summed E-state index contributed by atoms with van der Waals surface area (Å²) in [6, 6.07) is 14.1. The second kappa shape index (κ2) is 9.42. The summed E-state index contributed by atoms with van der Waals surface area (Å²) in [4.78, 5) is 18.1. The fraction of sp³-hybridized carbons (Fsp3) is 0.261. The molecule has 9 heteroatoms. The number of anilines is 2. The Kier molecular flexibility index (Phi) is 6.43. The maximum atomic E-state index is 13.5. The summed E-state index contributed by atoms with van der Waals surface area (Å²) >= 11 is 6.10. The number of ether oxygens (including phenoxy) is 1. The van der Waals surface area contributed by atoms with Crippen LogP contribution in [0, 0.1) is 0 Å². The Morgan fingerprint density at radius 2 is 2.00 bits per heavy atom. The normalized spacial score (nSPS) is 15.2. The zero-order chi connectivity index (χ0) is 22.7. The molecule has 2 aromatic carbocycles. The summed E-state index contributed by atoms with van der Waals surface area (Å²) in [5.41, 5.74) is 2.60. The summed E-state index contributed by atoms with van der Waals surface area (Å²) in [5, 5.41) is 20.6. The first kappa shape index (κ1) is 21.9. The predicted molar refractivity (Wildman–Crippen MR) is 123 cm³/mol. The third kappa shape index (κ3) is 4.32. The lowest BCUT2D eigenvalue weighted by molar-refractivity contribution is -0.113. The Hall–Kier alpha value is -3.36. The molecule has 166 valence electrons. The van der Waals surface area contributed by atoms with Crippen molar-refractivity contribution in [2.75, 3.05) is 24.4 Å². The molecule has 0 unspecified atom stereocenters. The highest BCUT2D eigenvalue weighted by Crippen LogP contribution is 2.36. The van der Waals surface area contributed by atoms with Crippen LogP contribution in [0.3, 0.4) is 0 Å². The van der Waals surface area contributed by atoms with Gasteiger partial charge in [-0.25, -0.2) is 4.68 Å². The number of allylic oxidation sites excluding steroid dienone is 1. The van der Waals surface area contributed by atoms with Crippen LogP contribution in [0.1, 0.15) is 30.8 Å². The zero-order valence-corrected chi connectivity index (χ0v) is 18.6. The number of hydrogen-bond acceptors (Lipinski definition) is 6. The number of aryl methyl sites for hydroxylation is 1. The molecule has 0 fully saturated rings. The molecule has 2 heterocycles. The van der Waals surface area contributed by atoms with Gasteiger partial charge in [-0.1, -0.05) is 35.9 Å². The molecule has 0 bridgehead atoms. The van der Waals surface area contributed by atoms with Crippen LogP contribution in [0.25, 0.3) is 0 Å². The van der Waals surface area contributed by atoms with Crippen molar-refractivity contribution in [1.82, 2.24) is 14.8 Å². The van der Waals surface area contributed by atoms with Gasteiger partial charge in [-0.3, -0.25) is 4.79 Å². The first-order valence-electron chi connectivity index (χ1n) is 10.3. The van der Waals surface area contributed by atoms with E-state index in [0.717, 1.165) is 5.56 Å². The molecule has 1 atom stereocenters. The maximum absolute atomic E-state index is 13.5. The molecule has 8 nitrogen and oxygen atoms in total. The minimum absolute atomic E-state index is 0.0573. The van der Waals surface area contributed by atoms with Gasteiger partial charge in [0.2, 0.25) is 5.95 Å². The highest BCUT2D eigenvalue weighted by Gasteiger charge is 2.34. The number of fused-ring (bicyclic) bond motifs is 1. The predicted octanol–water partition coefficient (Wildman–Crippen LogP) is 3.79. The summed E-state index contributed by atoms with van der Waals surface area (Å²) in [6.45, 7) is 1.90. The number of benzene rings is 2. The Bertz CT molecular complexity index is 1160. The van der Waals surface area contributed by atoms with Crippen LogP contribution in [0.2, 0.25) is 5.02 Å². The molecule has 1 aliphatic heterocycles. The van der Waals surface area contributed by atoms with Crippen molar-refractivity contribution in [3.8, 4) is 5.75 Å². The van der Waals surface area contributed by atoms with E-state index in [9.17, 15) is 4.79 Å². The van der Waals surface area contributed by atoms with Crippen molar-refractivity contribution in [3.05, 3.63) is 76.2 Å². The lowest BCUT2D eigenvalue weighted by Gasteiger charge is -2.29. The lowest BCUT2D eigenvalue weighted by Crippen LogP contribution is -2.31. The first-order chi connectivity index (χ1) is 15.5. The van der Waals surface area contributed by atoms with Gasteiger partial charge in [-0.2, -0.15) is 10.1 Å². The molecule has 32 heavy (non-hydrogen) atoms. The van der Waals surface area contributed by atoms with Gasteiger partial charge in [0, 0.05) is 23.7 Å². The van der Waals surface area contributed by atoms with E-state index in [4.69, 9.17) is 21.4 Å². The van der Waals surface area contributed by atoms with E-state index in [-0.39, 0.29) is 12.5 Å². The Labute approximate surface area is 190 Å². The molecular weight excluding hydrogens is 430 g/mol. The number of rotatable bonds is 7. The average molecular weight is 454 g/mol. The van der Waals surface area contributed by atoms with Crippen LogP contribution in [-0.4, -0.2) is 39.5 Å². The Morgan fingerprint density at radius 1 is 1.25 bits per heavy atom. The number of aliphatic hydroxyl groups excluding tert-OH is 1. The van der Waals surface area contributed by atoms with Crippen LogP contribution in [0.15, 0.2) is 59.8 Å². The largest absolute Gasteiger partial charge is 0.495 e. The Morgan fingerprint density at radius 3 is 2.72 bits per heavy atom. The van der Waals surface area contributed by atoms with Gasteiger partial charge in [0.25, 0.3) is 5.91 Å². The topological polar surface area (TPSA) is 101 Å². The van der Waals surface area contributed by atoms with E-state index in [0.29, 0.717) is 52.3 Å². The molecule has 0 saturated heterocycles. The maximum Gasteiger partial charge on any atom is 0.255 e. The molecular formula is C23H24ClN5O3. The third-order valence-corrected chi connectivity index (χ3v) is 5.49. The number of aromatic nitrogens is 3. The number of amides is 1. The summed E-state index contributed by atoms with van der Waals surface area (Å²) in [5.74, 6) is 1.43. The Balaban J connectivity index is 1.76. The molecule has 0 saturated carbocycles. The number of nitrogens with zero attached hydrogens (tertiary/aromatic N) is 3. The molecule has 3 aromatic rings. The molecule has 0 radical (unpaired) electrons. The second-order valence-corrected chi connectivity index (χ2v) is 7.83. The van der Waals surface area contributed by atoms with Crippen molar-refractivity contribution in [2.45, 2.75) is 25.8 Å². The van der Waals surface area contributed by atoms with Crippen LogP contribution in [0.4, 0.5) is 11.6 Å². The molecule has 4 rings (SSSR count). The minimum Gasteiger partial charge on any atom is -0.495 e. The van der Waals surface area contributed by atoms with E-state index in [1.54, 1.807) is 36.1 Å². The third-order valence-electron chi connectivity index (χ3n) is 5.24. The number of hydrogen-bond donors (Lipinski definition) is 3. The van der Waals surface area contributed by atoms with Crippen molar-refractivity contribution in [3.63, 3.8) is 0 Å². The molecule has 1 aliphatic rings. The molecule has 0 aliphatic carbocycles. The molecule has 1 amide bonds. The van der Waals surface area contributed by atoms with Crippen LogP contribution >= 0.6 is 11.6 Å². The van der Waals surface area contributed by atoms with Gasteiger partial charge < -0.3 is 20.5 Å². The van der Waals surface area contributed by atoms with E-state index in [1.165, 1.54) is 0 Å². The molecule has 3 N–H and O–H groups in total. The van der Waals surface area contributed by atoms with E-state index >= 15 is 0 Å².